The lowest BCUT2D eigenvalue weighted by molar-refractivity contribution is 0.194. The molecule has 0 saturated carbocycles. The Morgan fingerprint density at radius 3 is 2.63 bits per heavy atom. The monoisotopic (exact) mass is 546 g/mol. The first-order valence-corrected chi connectivity index (χ1v) is 14.1. The van der Waals surface area contributed by atoms with Gasteiger partial charge in [-0.2, -0.15) is 0 Å². The number of hydrogen-bond acceptors (Lipinski definition) is 4. The number of anilines is 2. The molecule has 1 unspecified atom stereocenters. The molecule has 6 rings (SSSR count). The quantitative estimate of drug-likeness (QED) is 0.292. The van der Waals surface area contributed by atoms with E-state index in [4.69, 9.17) is 16.3 Å². The minimum atomic E-state index is -0.273. The number of aromatic nitrogens is 1. The summed E-state index contributed by atoms with van der Waals surface area (Å²) in [4.78, 5) is 19.7. The number of fused-ring (bicyclic) bond motifs is 5. The molecule has 8 heteroatoms. The van der Waals surface area contributed by atoms with Crippen molar-refractivity contribution in [3.05, 3.63) is 93.1 Å². The van der Waals surface area contributed by atoms with E-state index < -0.39 is 0 Å². The van der Waals surface area contributed by atoms with Gasteiger partial charge in [0, 0.05) is 41.4 Å². The number of rotatable bonds is 4. The molecule has 6 nitrogen and oxygen atoms in total. The van der Waals surface area contributed by atoms with Crippen molar-refractivity contribution in [2.75, 3.05) is 31.4 Å². The fourth-order valence-electron chi connectivity index (χ4n) is 5.66. The predicted molar refractivity (Wildman–Crippen MR) is 155 cm³/mol. The van der Waals surface area contributed by atoms with Crippen molar-refractivity contribution in [1.82, 2.24) is 9.47 Å². The molecule has 2 aromatic heterocycles. The summed E-state index contributed by atoms with van der Waals surface area (Å²) in [6, 6.07) is 17.5. The van der Waals surface area contributed by atoms with Crippen LogP contribution < -0.4 is 15.0 Å². The lowest BCUT2D eigenvalue weighted by Crippen LogP contribution is -2.38. The van der Waals surface area contributed by atoms with Crippen LogP contribution in [-0.4, -0.2) is 36.7 Å². The van der Waals surface area contributed by atoms with E-state index in [2.05, 4.69) is 57.4 Å². The zero-order valence-electron chi connectivity index (χ0n) is 21.8. The molecule has 1 aliphatic heterocycles. The largest absolute Gasteiger partial charge is 0.495 e. The molecule has 2 amide bonds. The molecule has 0 fully saturated rings. The Hall–Kier alpha value is -3.42. The third kappa shape index (κ3) is 4.33. The maximum atomic E-state index is 14.2. The molecule has 1 aliphatic carbocycles. The van der Waals surface area contributed by atoms with E-state index in [1.54, 1.807) is 25.3 Å². The number of benzene rings is 2. The smallest absolute Gasteiger partial charge is 0.323 e. The molecule has 0 saturated heterocycles. The highest BCUT2D eigenvalue weighted by Crippen LogP contribution is 2.44. The average molecular weight is 547 g/mol. The van der Waals surface area contributed by atoms with E-state index in [-0.39, 0.29) is 12.1 Å². The van der Waals surface area contributed by atoms with Gasteiger partial charge in [-0.25, -0.2) is 4.79 Å². The van der Waals surface area contributed by atoms with Gasteiger partial charge in [-0.1, -0.05) is 23.7 Å². The van der Waals surface area contributed by atoms with E-state index in [9.17, 15) is 4.79 Å². The van der Waals surface area contributed by atoms with Crippen LogP contribution in [0.5, 0.6) is 5.75 Å². The molecule has 0 spiro atoms. The highest BCUT2D eigenvalue weighted by Gasteiger charge is 2.36. The number of urea groups is 1. The summed E-state index contributed by atoms with van der Waals surface area (Å²) in [7, 11) is 5.66. The van der Waals surface area contributed by atoms with Crippen molar-refractivity contribution < 1.29 is 9.53 Å². The molecular formula is C30H31ClN4O2S. The summed E-state index contributed by atoms with van der Waals surface area (Å²) in [5.41, 5.74) is 6.51. The van der Waals surface area contributed by atoms with Gasteiger partial charge in [0.15, 0.2) is 0 Å². The normalized spacial score (nSPS) is 16.2. The number of methoxy groups -OCH3 is 1. The molecule has 0 radical (unpaired) electrons. The van der Waals surface area contributed by atoms with Gasteiger partial charge in [0.25, 0.3) is 0 Å². The fourth-order valence-corrected chi connectivity index (χ4v) is 7.23. The summed E-state index contributed by atoms with van der Waals surface area (Å²) in [5.74, 6) is 0.571. The lowest BCUT2D eigenvalue weighted by atomic mass is 9.95. The van der Waals surface area contributed by atoms with E-state index in [0.29, 0.717) is 23.0 Å². The summed E-state index contributed by atoms with van der Waals surface area (Å²) in [5, 5.41) is 4.89. The lowest BCUT2D eigenvalue weighted by Gasteiger charge is -2.32. The van der Waals surface area contributed by atoms with Gasteiger partial charge in [-0.3, -0.25) is 0 Å². The van der Waals surface area contributed by atoms with Crippen LogP contribution in [0.2, 0.25) is 5.02 Å². The Kier molecular flexibility index (Phi) is 6.58. The van der Waals surface area contributed by atoms with Crippen molar-refractivity contribution in [3.63, 3.8) is 0 Å². The number of aryl methyl sites for hydroxylation is 1. The Morgan fingerprint density at radius 2 is 1.87 bits per heavy atom. The van der Waals surface area contributed by atoms with Crippen molar-refractivity contribution in [2.45, 2.75) is 38.3 Å². The minimum Gasteiger partial charge on any atom is -0.495 e. The Morgan fingerprint density at radius 1 is 1.08 bits per heavy atom. The molecule has 2 aliphatic rings. The number of carbonyl (C=O) groups excluding carboxylic acids is 1. The van der Waals surface area contributed by atoms with Crippen LogP contribution in [0, 0.1) is 0 Å². The maximum absolute atomic E-state index is 14.2. The first kappa shape index (κ1) is 24.9. The summed E-state index contributed by atoms with van der Waals surface area (Å²) >= 11 is 8.18. The van der Waals surface area contributed by atoms with E-state index in [1.165, 1.54) is 33.8 Å². The predicted octanol–water partition coefficient (Wildman–Crippen LogP) is 7.28. The number of carbonyl (C=O) groups is 1. The first-order chi connectivity index (χ1) is 18.4. The third-order valence-electron chi connectivity index (χ3n) is 7.57. The Labute approximate surface area is 232 Å². The number of nitrogens with one attached hydrogen (secondary N) is 1. The standard InChI is InChI=1S/C30H31ClN4O2S/c1-33(2)21-13-10-19(11-14-21)28-25-8-6-16-34(25)29-23(22-7-4-5-9-27(22)38-29)18-35(28)30(36)32-24-17-20(31)12-15-26(24)37-3/h6,8,10-17,28H,4-5,7,9,18H2,1-3H3,(H,32,36). The summed E-state index contributed by atoms with van der Waals surface area (Å²) in [6.45, 7) is 0.525. The first-order valence-electron chi connectivity index (χ1n) is 12.9. The van der Waals surface area contributed by atoms with E-state index >= 15 is 0 Å². The SMILES string of the molecule is COc1ccc(Cl)cc1NC(=O)N1Cc2c(sc3c2CCCC3)-n2cccc2C1c1ccc(N(C)C)cc1. The van der Waals surface area contributed by atoms with Crippen LogP contribution in [0.25, 0.3) is 5.00 Å². The molecular weight excluding hydrogens is 516 g/mol. The van der Waals surface area contributed by atoms with Gasteiger partial charge in [-0.15, -0.1) is 11.3 Å². The van der Waals surface area contributed by atoms with Gasteiger partial charge in [-0.05, 0) is 79.3 Å². The molecule has 0 bridgehead atoms. The number of ether oxygens (including phenoxy) is 1. The molecule has 1 atom stereocenters. The summed E-state index contributed by atoms with van der Waals surface area (Å²) < 4.78 is 7.83. The van der Waals surface area contributed by atoms with Gasteiger partial charge in [0.05, 0.1) is 31.1 Å². The molecule has 4 aromatic rings. The van der Waals surface area contributed by atoms with Gasteiger partial charge >= 0.3 is 6.03 Å². The number of thiophene rings is 1. The average Bonchev–Trinajstić information content (AvgIpc) is 3.51. The number of halogens is 1. The van der Waals surface area contributed by atoms with Crippen LogP contribution in [0.4, 0.5) is 16.2 Å². The van der Waals surface area contributed by atoms with Crippen molar-refractivity contribution in [1.29, 1.82) is 0 Å². The number of hydrogen-bond donors (Lipinski definition) is 1. The third-order valence-corrected chi connectivity index (χ3v) is 9.14. The van der Waals surface area contributed by atoms with E-state index in [0.717, 1.165) is 29.8 Å². The maximum Gasteiger partial charge on any atom is 0.323 e. The number of nitrogens with zero attached hydrogens (tertiary/aromatic N) is 3. The van der Waals surface area contributed by atoms with Crippen molar-refractivity contribution in [2.24, 2.45) is 0 Å². The summed E-state index contributed by atoms with van der Waals surface area (Å²) in [6.07, 6.45) is 6.74. The highest BCUT2D eigenvalue weighted by molar-refractivity contribution is 7.15. The number of amides is 2. The fraction of sp³-hybridized carbons (Fsp3) is 0.300. The van der Waals surface area contributed by atoms with E-state index in [1.807, 2.05) is 30.3 Å². The Bertz CT molecular complexity index is 1490. The molecule has 3 heterocycles. The second kappa shape index (κ2) is 10.0. The molecule has 38 heavy (non-hydrogen) atoms. The van der Waals surface area contributed by atoms with Crippen LogP contribution in [-0.2, 0) is 19.4 Å². The zero-order valence-corrected chi connectivity index (χ0v) is 23.4. The van der Waals surface area contributed by atoms with Gasteiger partial charge in [0.2, 0.25) is 0 Å². The second-order valence-corrected chi connectivity index (χ2v) is 11.6. The topological polar surface area (TPSA) is 49.7 Å². The molecule has 196 valence electrons. The Balaban J connectivity index is 1.49. The van der Waals surface area contributed by atoms with Gasteiger partial charge < -0.3 is 24.4 Å². The van der Waals surface area contributed by atoms with Crippen LogP contribution in [0.15, 0.2) is 60.8 Å². The molecule has 1 N–H and O–H groups in total. The van der Waals surface area contributed by atoms with Crippen LogP contribution >= 0.6 is 22.9 Å². The van der Waals surface area contributed by atoms with Crippen LogP contribution in [0.3, 0.4) is 0 Å². The van der Waals surface area contributed by atoms with Gasteiger partial charge in [0.1, 0.15) is 10.8 Å². The zero-order chi connectivity index (χ0) is 26.4. The molecule has 2 aromatic carbocycles. The minimum absolute atomic E-state index is 0.191. The van der Waals surface area contributed by atoms with Crippen molar-refractivity contribution >= 4 is 40.3 Å². The highest BCUT2D eigenvalue weighted by atomic mass is 35.5. The second-order valence-electron chi connectivity index (χ2n) is 10.1. The van der Waals surface area contributed by atoms with Crippen molar-refractivity contribution in [3.8, 4) is 10.8 Å². The van der Waals surface area contributed by atoms with Crippen LogP contribution in [0.1, 0.15) is 46.1 Å².